The summed E-state index contributed by atoms with van der Waals surface area (Å²) < 4.78 is 13.8. The summed E-state index contributed by atoms with van der Waals surface area (Å²) in [6.45, 7) is 5.17. The number of carbonyl (C=O) groups is 2. The van der Waals surface area contributed by atoms with Gasteiger partial charge in [0, 0.05) is 24.7 Å². The van der Waals surface area contributed by atoms with Crippen molar-refractivity contribution < 1.29 is 19.1 Å². The van der Waals surface area contributed by atoms with Crippen LogP contribution in [0.1, 0.15) is 31.1 Å². The second-order valence-corrected chi connectivity index (χ2v) is 5.85. The van der Waals surface area contributed by atoms with Gasteiger partial charge in [0.1, 0.15) is 5.82 Å². The molecule has 0 radical (unpaired) electrons. The van der Waals surface area contributed by atoms with Crippen molar-refractivity contribution in [2.45, 2.75) is 20.8 Å². The van der Waals surface area contributed by atoms with Gasteiger partial charge in [-0.25, -0.2) is 4.39 Å². The largest absolute Gasteiger partial charge is 0.395 e. The van der Waals surface area contributed by atoms with E-state index in [-0.39, 0.29) is 24.6 Å². The van der Waals surface area contributed by atoms with Crippen molar-refractivity contribution in [1.82, 2.24) is 4.90 Å². The Morgan fingerprint density at radius 3 is 2.48 bits per heavy atom. The van der Waals surface area contributed by atoms with E-state index in [1.54, 1.807) is 20.8 Å². The molecule has 0 heterocycles. The number of nitrogens with zero attached hydrogens (tertiary/aromatic N) is 1. The molecule has 5 nitrogen and oxygen atoms in total. The molecule has 6 heteroatoms. The lowest BCUT2D eigenvalue weighted by molar-refractivity contribution is -0.123. The number of anilines is 1. The predicted octanol–water partition coefficient (Wildman–Crippen LogP) is 1.87. The molecule has 0 aromatic heterocycles. The second-order valence-electron chi connectivity index (χ2n) is 5.85. The lowest BCUT2D eigenvalue weighted by atomic mass is 9.95. The second kappa shape index (κ2) is 6.67. The van der Waals surface area contributed by atoms with Crippen LogP contribution >= 0.6 is 0 Å². The summed E-state index contributed by atoms with van der Waals surface area (Å²) in [5, 5.41) is 11.5. The van der Waals surface area contributed by atoms with Gasteiger partial charge >= 0.3 is 0 Å². The van der Waals surface area contributed by atoms with Crippen LogP contribution in [0.3, 0.4) is 0 Å². The van der Waals surface area contributed by atoms with Gasteiger partial charge in [-0.1, -0.05) is 20.8 Å². The van der Waals surface area contributed by atoms with Crippen molar-refractivity contribution in [2.24, 2.45) is 5.41 Å². The molecule has 0 aliphatic carbocycles. The van der Waals surface area contributed by atoms with Crippen LogP contribution in [0.15, 0.2) is 18.2 Å². The standard InChI is InChI=1S/C15H21FN2O3/c1-15(2,3)14(21)17-10-5-6-12(16)11(9-10)13(20)18(4)7-8-19/h5-6,9,19H,7-8H2,1-4H3,(H,17,21). The maximum absolute atomic E-state index is 13.8. The number of rotatable bonds is 4. The number of likely N-dealkylation sites (N-methyl/N-ethyl adjacent to an activating group) is 1. The molecule has 1 aromatic rings. The van der Waals surface area contributed by atoms with Gasteiger partial charge in [-0.2, -0.15) is 0 Å². The SMILES string of the molecule is CN(CCO)C(=O)c1cc(NC(=O)C(C)(C)C)ccc1F. The number of nitrogens with one attached hydrogen (secondary N) is 1. The van der Waals surface area contributed by atoms with Gasteiger partial charge in [0.25, 0.3) is 5.91 Å². The number of hydrogen-bond donors (Lipinski definition) is 2. The Hall–Kier alpha value is -1.95. The first-order chi connectivity index (χ1) is 9.66. The summed E-state index contributed by atoms with van der Waals surface area (Å²) in [4.78, 5) is 25.2. The Bertz CT molecular complexity index is 538. The molecule has 21 heavy (non-hydrogen) atoms. The fourth-order valence-corrected chi connectivity index (χ4v) is 1.54. The number of amides is 2. The molecule has 0 aliphatic heterocycles. The average Bonchev–Trinajstić information content (AvgIpc) is 2.39. The topological polar surface area (TPSA) is 69.6 Å². The zero-order chi connectivity index (χ0) is 16.2. The molecule has 0 saturated carbocycles. The Morgan fingerprint density at radius 1 is 1.33 bits per heavy atom. The van der Waals surface area contributed by atoms with E-state index in [4.69, 9.17) is 5.11 Å². The molecule has 116 valence electrons. The van der Waals surface area contributed by atoms with Gasteiger partial charge in [0.15, 0.2) is 0 Å². The van der Waals surface area contributed by atoms with Gasteiger partial charge in [-0.05, 0) is 18.2 Å². The highest BCUT2D eigenvalue weighted by atomic mass is 19.1. The van der Waals surface area contributed by atoms with Gasteiger partial charge in [0.2, 0.25) is 5.91 Å². The summed E-state index contributed by atoms with van der Waals surface area (Å²) in [6, 6.07) is 3.84. The highest BCUT2D eigenvalue weighted by Crippen LogP contribution is 2.20. The fraction of sp³-hybridized carbons (Fsp3) is 0.467. The molecule has 0 saturated heterocycles. The first-order valence-electron chi connectivity index (χ1n) is 6.64. The van der Waals surface area contributed by atoms with Crippen molar-refractivity contribution in [3.63, 3.8) is 0 Å². The van der Waals surface area contributed by atoms with Crippen LogP contribution in [0.4, 0.5) is 10.1 Å². The third kappa shape index (κ3) is 4.53. The molecule has 1 rings (SSSR count). The minimum atomic E-state index is -0.668. The van der Waals surface area contributed by atoms with Crippen molar-refractivity contribution in [3.05, 3.63) is 29.6 Å². The number of benzene rings is 1. The third-order valence-electron chi connectivity index (χ3n) is 2.92. The van der Waals surface area contributed by atoms with Crippen LogP contribution in [0.5, 0.6) is 0 Å². The molecular formula is C15H21FN2O3. The van der Waals surface area contributed by atoms with E-state index in [0.29, 0.717) is 5.69 Å². The summed E-state index contributed by atoms with van der Waals surface area (Å²) in [5.74, 6) is -1.44. The molecule has 2 amide bonds. The number of aliphatic hydroxyl groups excluding tert-OH is 1. The lowest BCUT2D eigenvalue weighted by Crippen LogP contribution is -2.30. The number of carbonyl (C=O) groups excluding carboxylic acids is 2. The Balaban J connectivity index is 3.00. The fourth-order valence-electron chi connectivity index (χ4n) is 1.54. The first-order valence-corrected chi connectivity index (χ1v) is 6.64. The summed E-state index contributed by atoms with van der Waals surface area (Å²) in [5.41, 5.74) is -0.374. The van der Waals surface area contributed by atoms with Crippen LogP contribution < -0.4 is 5.32 Å². The number of hydrogen-bond acceptors (Lipinski definition) is 3. The van der Waals surface area contributed by atoms with E-state index >= 15 is 0 Å². The monoisotopic (exact) mass is 296 g/mol. The Kier molecular flexibility index (Phi) is 5.43. The molecule has 0 fully saturated rings. The summed E-state index contributed by atoms with van der Waals surface area (Å²) in [6.07, 6.45) is 0. The summed E-state index contributed by atoms with van der Waals surface area (Å²) in [7, 11) is 1.47. The van der Waals surface area contributed by atoms with Gasteiger partial charge in [-0.15, -0.1) is 0 Å². The number of halogens is 1. The molecule has 0 unspecified atom stereocenters. The van der Waals surface area contributed by atoms with Gasteiger partial charge in [-0.3, -0.25) is 9.59 Å². The Morgan fingerprint density at radius 2 is 1.95 bits per heavy atom. The zero-order valence-corrected chi connectivity index (χ0v) is 12.7. The number of aliphatic hydroxyl groups is 1. The lowest BCUT2D eigenvalue weighted by Gasteiger charge is -2.19. The maximum atomic E-state index is 13.8. The van der Waals surface area contributed by atoms with Crippen LogP contribution in [0, 0.1) is 11.2 Å². The smallest absolute Gasteiger partial charge is 0.256 e. The van der Waals surface area contributed by atoms with Gasteiger partial charge < -0.3 is 15.3 Å². The maximum Gasteiger partial charge on any atom is 0.256 e. The molecule has 2 N–H and O–H groups in total. The van der Waals surface area contributed by atoms with Crippen LogP contribution in [-0.4, -0.2) is 42.0 Å². The van der Waals surface area contributed by atoms with Crippen molar-refractivity contribution in [1.29, 1.82) is 0 Å². The van der Waals surface area contributed by atoms with Crippen molar-refractivity contribution >= 4 is 17.5 Å². The van der Waals surface area contributed by atoms with Crippen LogP contribution in [0.25, 0.3) is 0 Å². The summed E-state index contributed by atoms with van der Waals surface area (Å²) >= 11 is 0. The minimum Gasteiger partial charge on any atom is -0.395 e. The minimum absolute atomic E-state index is 0.108. The molecule has 0 spiro atoms. The Labute approximate surface area is 123 Å². The van der Waals surface area contributed by atoms with E-state index in [0.717, 1.165) is 6.07 Å². The average molecular weight is 296 g/mol. The van der Waals surface area contributed by atoms with E-state index in [9.17, 15) is 14.0 Å². The molecule has 1 aromatic carbocycles. The zero-order valence-electron chi connectivity index (χ0n) is 12.7. The van der Waals surface area contributed by atoms with Crippen molar-refractivity contribution in [3.8, 4) is 0 Å². The third-order valence-corrected chi connectivity index (χ3v) is 2.92. The quantitative estimate of drug-likeness (QED) is 0.891. The van der Waals surface area contributed by atoms with E-state index in [1.165, 1.54) is 24.1 Å². The normalized spacial score (nSPS) is 11.1. The highest BCUT2D eigenvalue weighted by Gasteiger charge is 2.22. The van der Waals surface area contributed by atoms with Crippen molar-refractivity contribution in [2.75, 3.05) is 25.5 Å². The first kappa shape index (κ1) is 17.1. The molecular weight excluding hydrogens is 275 g/mol. The van der Waals surface area contributed by atoms with E-state index < -0.39 is 17.1 Å². The van der Waals surface area contributed by atoms with E-state index in [1.807, 2.05) is 0 Å². The molecule has 0 bridgehead atoms. The van der Waals surface area contributed by atoms with E-state index in [2.05, 4.69) is 5.32 Å². The molecule has 0 aliphatic rings. The van der Waals surface area contributed by atoms with Crippen LogP contribution in [0.2, 0.25) is 0 Å². The van der Waals surface area contributed by atoms with Crippen LogP contribution in [-0.2, 0) is 4.79 Å². The predicted molar refractivity (Wildman–Crippen MR) is 78.5 cm³/mol. The molecule has 0 atom stereocenters. The van der Waals surface area contributed by atoms with Gasteiger partial charge in [0.05, 0.1) is 12.2 Å². The highest BCUT2D eigenvalue weighted by molar-refractivity contribution is 5.98.